The Morgan fingerprint density at radius 3 is 2.45 bits per heavy atom. The van der Waals surface area contributed by atoms with Crippen molar-refractivity contribution in [2.75, 3.05) is 7.11 Å². The van der Waals surface area contributed by atoms with Crippen molar-refractivity contribution in [2.45, 2.75) is 6.61 Å². The number of hydroxylamine groups is 1. The highest BCUT2D eigenvalue weighted by Crippen LogP contribution is 2.19. The van der Waals surface area contributed by atoms with Gasteiger partial charge in [-0.3, -0.25) is 10.7 Å². The first-order valence-corrected chi connectivity index (χ1v) is 6.55. The van der Waals surface area contributed by atoms with Crippen LogP contribution in [0.2, 0.25) is 0 Å². The second-order valence-electron chi connectivity index (χ2n) is 4.36. The topological polar surface area (TPSA) is 80.2 Å². The largest absolute Gasteiger partial charge is 0.489 e. The van der Waals surface area contributed by atoms with Gasteiger partial charge in [0.2, 0.25) is 0 Å². The molecule has 114 valence electrons. The smallest absolute Gasteiger partial charge is 0.337 e. The van der Waals surface area contributed by atoms with E-state index in [1.807, 2.05) is 17.6 Å². The van der Waals surface area contributed by atoms with Gasteiger partial charge in [0.25, 0.3) is 0 Å². The van der Waals surface area contributed by atoms with Crippen LogP contribution < -0.4 is 10.2 Å². The summed E-state index contributed by atoms with van der Waals surface area (Å²) >= 11 is 0. The quantitative estimate of drug-likeness (QED) is 0.371. The average molecular weight is 300 g/mol. The van der Waals surface area contributed by atoms with Crippen LogP contribution in [-0.2, 0) is 11.3 Å². The summed E-state index contributed by atoms with van der Waals surface area (Å²) in [5, 5.41) is 8.41. The summed E-state index contributed by atoms with van der Waals surface area (Å²) in [5.41, 5.74) is 3.98. The number of ether oxygens (including phenoxy) is 2. The Hall–Kier alpha value is -2.86. The summed E-state index contributed by atoms with van der Waals surface area (Å²) in [7, 11) is 1.35. The number of rotatable bonds is 6. The lowest BCUT2D eigenvalue weighted by Gasteiger charge is -2.07. The first-order chi connectivity index (χ1) is 10.7. The molecule has 0 amide bonds. The zero-order chi connectivity index (χ0) is 15.8. The van der Waals surface area contributed by atoms with E-state index in [0.29, 0.717) is 23.6 Å². The number of carbonyl (C=O) groups is 1. The summed E-state index contributed by atoms with van der Waals surface area (Å²) in [6, 6.07) is 14.1. The molecule has 2 aromatic carbocycles. The van der Waals surface area contributed by atoms with Gasteiger partial charge in [-0.05, 0) is 42.0 Å². The van der Waals surface area contributed by atoms with E-state index in [2.05, 4.69) is 9.73 Å². The molecule has 0 spiro atoms. The minimum absolute atomic E-state index is 0.360. The molecule has 0 aliphatic carbocycles. The van der Waals surface area contributed by atoms with Gasteiger partial charge in [-0.25, -0.2) is 9.79 Å². The SMILES string of the molecule is COC(=O)c1ccc(COc2ccc(N=CNO)cc2)cc1. The molecule has 0 aromatic heterocycles. The second-order valence-corrected chi connectivity index (χ2v) is 4.36. The maximum atomic E-state index is 11.3. The minimum Gasteiger partial charge on any atom is -0.489 e. The number of carbonyl (C=O) groups excluding carboxylic acids is 1. The van der Waals surface area contributed by atoms with Gasteiger partial charge in [-0.2, -0.15) is 0 Å². The van der Waals surface area contributed by atoms with Crippen molar-refractivity contribution >= 4 is 18.0 Å². The molecule has 0 aliphatic rings. The summed E-state index contributed by atoms with van der Waals surface area (Å²) in [6.45, 7) is 0.391. The molecule has 0 bridgehead atoms. The number of hydrogen-bond acceptors (Lipinski definition) is 5. The highest BCUT2D eigenvalue weighted by molar-refractivity contribution is 5.89. The van der Waals surface area contributed by atoms with Crippen LogP contribution in [0.5, 0.6) is 5.75 Å². The zero-order valence-corrected chi connectivity index (χ0v) is 12.0. The van der Waals surface area contributed by atoms with Crippen LogP contribution in [-0.4, -0.2) is 24.6 Å². The van der Waals surface area contributed by atoms with Crippen LogP contribution in [0.1, 0.15) is 15.9 Å². The summed E-state index contributed by atoms with van der Waals surface area (Å²) < 4.78 is 10.3. The summed E-state index contributed by atoms with van der Waals surface area (Å²) in [6.07, 6.45) is 1.18. The Labute approximate surface area is 128 Å². The van der Waals surface area contributed by atoms with Crippen LogP contribution in [0, 0.1) is 0 Å². The molecule has 0 fully saturated rings. The van der Waals surface area contributed by atoms with Gasteiger partial charge in [0.05, 0.1) is 18.4 Å². The Bertz CT molecular complexity index is 636. The van der Waals surface area contributed by atoms with Crippen LogP contribution in [0.25, 0.3) is 0 Å². The molecule has 0 aliphatic heterocycles. The average Bonchev–Trinajstić information content (AvgIpc) is 2.58. The maximum Gasteiger partial charge on any atom is 0.337 e. The number of esters is 1. The van der Waals surface area contributed by atoms with Gasteiger partial charge in [0, 0.05) is 0 Å². The molecule has 6 nitrogen and oxygen atoms in total. The molecule has 0 radical (unpaired) electrons. The Morgan fingerprint density at radius 1 is 1.18 bits per heavy atom. The fourth-order valence-electron chi connectivity index (χ4n) is 1.75. The second kappa shape index (κ2) is 7.80. The van der Waals surface area contributed by atoms with E-state index < -0.39 is 0 Å². The third-order valence-corrected chi connectivity index (χ3v) is 2.89. The Balaban J connectivity index is 1.92. The third kappa shape index (κ3) is 4.32. The molecule has 2 aromatic rings. The fourth-order valence-corrected chi connectivity index (χ4v) is 1.75. The van der Waals surface area contributed by atoms with Crippen LogP contribution in [0.15, 0.2) is 53.5 Å². The number of benzene rings is 2. The first kappa shape index (κ1) is 15.5. The highest BCUT2D eigenvalue weighted by Gasteiger charge is 2.04. The monoisotopic (exact) mass is 300 g/mol. The molecule has 0 atom stereocenters. The van der Waals surface area contributed by atoms with Crippen molar-refractivity contribution in [3.63, 3.8) is 0 Å². The Kier molecular flexibility index (Phi) is 5.50. The molecule has 2 rings (SSSR count). The summed E-state index contributed by atoms with van der Waals surface area (Å²) in [5.74, 6) is 0.342. The molecule has 0 heterocycles. The standard InChI is InChI=1S/C16H16N2O4/c1-21-16(19)13-4-2-12(3-5-13)10-22-15-8-6-14(7-9-15)17-11-18-20/h2-9,11,20H,10H2,1H3,(H,17,18). The van der Waals surface area contributed by atoms with Crippen molar-refractivity contribution in [3.05, 3.63) is 59.7 Å². The van der Waals surface area contributed by atoms with Crippen molar-refractivity contribution in [1.82, 2.24) is 5.48 Å². The Morgan fingerprint density at radius 2 is 1.86 bits per heavy atom. The van der Waals surface area contributed by atoms with Gasteiger partial charge in [-0.15, -0.1) is 0 Å². The van der Waals surface area contributed by atoms with E-state index in [9.17, 15) is 4.79 Å². The number of nitrogens with zero attached hydrogens (tertiary/aromatic N) is 1. The predicted octanol–water partition coefficient (Wildman–Crippen LogP) is 2.69. The maximum absolute atomic E-state index is 11.3. The normalized spacial score (nSPS) is 10.5. The van der Waals surface area contributed by atoms with E-state index in [0.717, 1.165) is 5.56 Å². The van der Waals surface area contributed by atoms with Gasteiger partial charge in [0.15, 0.2) is 0 Å². The van der Waals surface area contributed by atoms with E-state index in [-0.39, 0.29) is 5.97 Å². The van der Waals surface area contributed by atoms with Crippen molar-refractivity contribution in [2.24, 2.45) is 4.99 Å². The summed E-state index contributed by atoms with van der Waals surface area (Å²) in [4.78, 5) is 15.3. The van der Waals surface area contributed by atoms with E-state index >= 15 is 0 Å². The van der Waals surface area contributed by atoms with Gasteiger partial charge in [-0.1, -0.05) is 12.1 Å². The van der Waals surface area contributed by atoms with E-state index in [1.54, 1.807) is 36.4 Å². The molecule has 6 heteroatoms. The van der Waals surface area contributed by atoms with Crippen molar-refractivity contribution in [3.8, 4) is 5.75 Å². The fraction of sp³-hybridized carbons (Fsp3) is 0.125. The van der Waals surface area contributed by atoms with Crippen LogP contribution in [0.3, 0.4) is 0 Å². The molecule has 0 unspecified atom stereocenters. The molecular formula is C16H16N2O4. The molecule has 22 heavy (non-hydrogen) atoms. The molecule has 2 N–H and O–H groups in total. The van der Waals surface area contributed by atoms with Crippen LogP contribution >= 0.6 is 0 Å². The highest BCUT2D eigenvalue weighted by atomic mass is 16.5. The van der Waals surface area contributed by atoms with Crippen molar-refractivity contribution in [1.29, 1.82) is 0 Å². The minimum atomic E-state index is -0.360. The third-order valence-electron chi connectivity index (χ3n) is 2.89. The molecule has 0 saturated heterocycles. The van der Waals surface area contributed by atoms with E-state index in [4.69, 9.17) is 9.94 Å². The van der Waals surface area contributed by atoms with E-state index in [1.165, 1.54) is 13.4 Å². The lowest BCUT2D eigenvalue weighted by atomic mass is 10.1. The molecule has 0 saturated carbocycles. The first-order valence-electron chi connectivity index (χ1n) is 6.55. The van der Waals surface area contributed by atoms with Gasteiger partial charge in [0.1, 0.15) is 18.7 Å². The van der Waals surface area contributed by atoms with Crippen LogP contribution in [0.4, 0.5) is 5.69 Å². The lowest BCUT2D eigenvalue weighted by Crippen LogP contribution is -2.02. The predicted molar refractivity (Wildman–Crippen MR) is 81.6 cm³/mol. The number of aliphatic imine (C=N–C) groups is 1. The van der Waals surface area contributed by atoms with Gasteiger partial charge >= 0.3 is 5.97 Å². The number of nitrogens with one attached hydrogen (secondary N) is 1. The lowest BCUT2D eigenvalue weighted by molar-refractivity contribution is 0.0600. The number of methoxy groups -OCH3 is 1. The number of hydrogen-bond donors (Lipinski definition) is 2. The van der Waals surface area contributed by atoms with Gasteiger partial charge < -0.3 is 9.47 Å². The molecular weight excluding hydrogens is 284 g/mol. The zero-order valence-electron chi connectivity index (χ0n) is 12.0. The van der Waals surface area contributed by atoms with Crippen molar-refractivity contribution < 1.29 is 19.5 Å².